The standard InChI is InChI=1S/C28H36Cl2N2O3/c1-5-24(27(34)31-19-11-6-7-12-19)32(17-20-22(29)14-10-15-23(20)30)26(33)18-35-25-16-9-8-13-21(25)28(2,3)4/h8-10,13-16,19,24H,5-7,11-12,17-18H2,1-4H3,(H,31,34)/t24-/m0/s1. The zero-order valence-electron chi connectivity index (χ0n) is 21.1. The molecule has 2 aromatic carbocycles. The van der Waals surface area contributed by atoms with Crippen LogP contribution in [0.1, 0.15) is 70.9 Å². The van der Waals surface area contributed by atoms with Gasteiger partial charge in [0.05, 0.1) is 0 Å². The number of halogens is 2. The number of carbonyl (C=O) groups is 2. The highest BCUT2D eigenvalue weighted by Crippen LogP contribution is 2.31. The second kappa shape index (κ2) is 12.1. The zero-order chi connectivity index (χ0) is 25.6. The van der Waals surface area contributed by atoms with Crippen LogP contribution < -0.4 is 10.1 Å². The summed E-state index contributed by atoms with van der Waals surface area (Å²) >= 11 is 12.9. The summed E-state index contributed by atoms with van der Waals surface area (Å²) in [6.07, 6.45) is 4.63. The fourth-order valence-electron chi connectivity index (χ4n) is 4.58. The Hall–Kier alpha value is -2.24. The third-order valence-electron chi connectivity index (χ3n) is 6.52. The number of rotatable bonds is 9. The van der Waals surface area contributed by atoms with Crippen LogP contribution in [0.3, 0.4) is 0 Å². The molecular weight excluding hydrogens is 483 g/mol. The number of nitrogens with one attached hydrogen (secondary N) is 1. The summed E-state index contributed by atoms with van der Waals surface area (Å²) in [6, 6.07) is 12.5. The Morgan fingerprint density at radius 2 is 1.69 bits per heavy atom. The number of benzene rings is 2. The first-order valence-electron chi connectivity index (χ1n) is 12.4. The Balaban J connectivity index is 1.85. The molecule has 1 saturated carbocycles. The van der Waals surface area contributed by atoms with Crippen molar-refractivity contribution in [3.63, 3.8) is 0 Å². The van der Waals surface area contributed by atoms with Gasteiger partial charge in [-0.25, -0.2) is 0 Å². The van der Waals surface area contributed by atoms with Crippen molar-refractivity contribution in [3.05, 3.63) is 63.6 Å². The molecule has 2 amide bonds. The summed E-state index contributed by atoms with van der Waals surface area (Å²) in [7, 11) is 0. The van der Waals surface area contributed by atoms with E-state index in [1.165, 1.54) is 0 Å². The van der Waals surface area contributed by atoms with Gasteiger partial charge in [-0.3, -0.25) is 9.59 Å². The lowest BCUT2D eigenvalue weighted by Gasteiger charge is -2.32. The van der Waals surface area contributed by atoms with Gasteiger partial charge in [-0.2, -0.15) is 0 Å². The highest BCUT2D eigenvalue weighted by molar-refractivity contribution is 6.36. The molecule has 0 aromatic heterocycles. The molecule has 5 nitrogen and oxygen atoms in total. The Morgan fingerprint density at radius 1 is 1.06 bits per heavy atom. The minimum atomic E-state index is -0.656. The molecule has 1 aliphatic carbocycles. The maximum absolute atomic E-state index is 13.6. The Bertz CT molecular complexity index is 1010. The fourth-order valence-corrected chi connectivity index (χ4v) is 5.09. The monoisotopic (exact) mass is 518 g/mol. The third-order valence-corrected chi connectivity index (χ3v) is 7.23. The van der Waals surface area contributed by atoms with E-state index in [9.17, 15) is 9.59 Å². The summed E-state index contributed by atoms with van der Waals surface area (Å²) in [5.74, 6) is 0.219. The van der Waals surface area contributed by atoms with Crippen LogP contribution in [0.15, 0.2) is 42.5 Å². The van der Waals surface area contributed by atoms with Crippen molar-refractivity contribution >= 4 is 35.0 Å². The van der Waals surface area contributed by atoms with Crippen molar-refractivity contribution in [1.29, 1.82) is 0 Å². The van der Waals surface area contributed by atoms with Crippen LogP contribution in [0.2, 0.25) is 10.0 Å². The lowest BCUT2D eigenvalue weighted by atomic mass is 9.86. The fraction of sp³-hybridized carbons (Fsp3) is 0.500. The molecule has 0 spiro atoms. The van der Waals surface area contributed by atoms with Crippen molar-refractivity contribution in [2.24, 2.45) is 0 Å². The molecule has 0 aliphatic heterocycles. The van der Waals surface area contributed by atoms with Gasteiger partial charge in [0.2, 0.25) is 5.91 Å². The van der Waals surface area contributed by atoms with Gasteiger partial charge in [0.15, 0.2) is 6.61 Å². The van der Waals surface area contributed by atoms with Gasteiger partial charge in [0, 0.05) is 28.2 Å². The van der Waals surface area contributed by atoms with E-state index in [4.69, 9.17) is 27.9 Å². The molecule has 3 rings (SSSR count). The van der Waals surface area contributed by atoms with Gasteiger partial charge in [0.25, 0.3) is 5.91 Å². The SMILES string of the molecule is CC[C@@H](C(=O)NC1CCCC1)N(Cc1c(Cl)cccc1Cl)C(=O)COc1ccccc1C(C)(C)C. The molecule has 7 heteroatoms. The van der Waals surface area contributed by atoms with Gasteiger partial charge in [0.1, 0.15) is 11.8 Å². The summed E-state index contributed by atoms with van der Waals surface area (Å²) in [5, 5.41) is 4.06. The van der Waals surface area contributed by atoms with E-state index >= 15 is 0 Å². The van der Waals surface area contributed by atoms with E-state index in [0.29, 0.717) is 27.8 Å². The zero-order valence-corrected chi connectivity index (χ0v) is 22.6. The van der Waals surface area contributed by atoms with E-state index < -0.39 is 6.04 Å². The van der Waals surface area contributed by atoms with Crippen molar-refractivity contribution in [1.82, 2.24) is 10.2 Å². The van der Waals surface area contributed by atoms with E-state index in [-0.39, 0.29) is 36.4 Å². The van der Waals surface area contributed by atoms with Crippen molar-refractivity contribution < 1.29 is 14.3 Å². The van der Waals surface area contributed by atoms with Crippen LogP contribution in [-0.2, 0) is 21.5 Å². The first kappa shape index (κ1) is 27.3. The normalized spacial score (nSPS) is 15.0. The average molecular weight is 520 g/mol. The molecule has 0 heterocycles. The van der Waals surface area contributed by atoms with Crippen LogP contribution in [-0.4, -0.2) is 35.4 Å². The topological polar surface area (TPSA) is 58.6 Å². The van der Waals surface area contributed by atoms with Gasteiger partial charge in [-0.1, -0.05) is 88.0 Å². The molecule has 190 valence electrons. The molecule has 1 aliphatic rings. The molecule has 1 atom stereocenters. The Kier molecular flexibility index (Phi) is 9.48. The maximum atomic E-state index is 13.6. The maximum Gasteiger partial charge on any atom is 0.261 e. The molecule has 35 heavy (non-hydrogen) atoms. The van der Waals surface area contributed by atoms with E-state index in [1.807, 2.05) is 31.2 Å². The second-order valence-electron chi connectivity index (χ2n) is 10.2. The predicted octanol–water partition coefficient (Wildman–Crippen LogP) is 6.54. The summed E-state index contributed by atoms with van der Waals surface area (Å²) in [4.78, 5) is 28.4. The molecule has 0 saturated heterocycles. The van der Waals surface area contributed by atoms with Gasteiger partial charge < -0.3 is 15.0 Å². The van der Waals surface area contributed by atoms with Crippen LogP contribution in [0, 0.1) is 0 Å². The van der Waals surface area contributed by atoms with Crippen molar-refractivity contribution in [3.8, 4) is 5.75 Å². The molecule has 1 fully saturated rings. The van der Waals surface area contributed by atoms with Gasteiger partial charge in [-0.15, -0.1) is 0 Å². The number of ether oxygens (including phenoxy) is 1. The van der Waals surface area contributed by atoms with E-state index in [1.54, 1.807) is 23.1 Å². The van der Waals surface area contributed by atoms with Crippen molar-refractivity contribution in [2.45, 2.75) is 83.8 Å². The number of para-hydroxylation sites is 1. The number of hydrogen-bond donors (Lipinski definition) is 1. The average Bonchev–Trinajstić information content (AvgIpc) is 3.31. The first-order chi connectivity index (χ1) is 16.6. The predicted molar refractivity (Wildman–Crippen MR) is 142 cm³/mol. The minimum absolute atomic E-state index is 0.123. The van der Waals surface area contributed by atoms with Crippen molar-refractivity contribution in [2.75, 3.05) is 6.61 Å². The first-order valence-corrected chi connectivity index (χ1v) is 13.1. The van der Waals surface area contributed by atoms with E-state index in [0.717, 1.165) is 31.2 Å². The summed E-state index contributed by atoms with van der Waals surface area (Å²) in [6.45, 7) is 8.14. The van der Waals surface area contributed by atoms with Crippen LogP contribution in [0.4, 0.5) is 0 Å². The third kappa shape index (κ3) is 7.14. The van der Waals surface area contributed by atoms with E-state index in [2.05, 4.69) is 26.1 Å². The molecule has 2 aromatic rings. The lowest BCUT2D eigenvalue weighted by molar-refractivity contribution is -0.143. The number of carbonyl (C=O) groups excluding carboxylic acids is 2. The molecule has 0 unspecified atom stereocenters. The molecular formula is C28H36Cl2N2O3. The molecule has 0 radical (unpaired) electrons. The minimum Gasteiger partial charge on any atom is -0.483 e. The van der Waals surface area contributed by atoms with Gasteiger partial charge in [-0.05, 0) is 48.4 Å². The highest BCUT2D eigenvalue weighted by atomic mass is 35.5. The van der Waals surface area contributed by atoms with Crippen LogP contribution in [0.25, 0.3) is 0 Å². The number of hydrogen-bond acceptors (Lipinski definition) is 3. The largest absolute Gasteiger partial charge is 0.483 e. The number of amides is 2. The highest BCUT2D eigenvalue weighted by Gasteiger charge is 2.32. The van der Waals surface area contributed by atoms with Gasteiger partial charge >= 0.3 is 0 Å². The Labute approximate surface area is 219 Å². The molecule has 0 bridgehead atoms. The quantitative estimate of drug-likeness (QED) is 0.410. The number of nitrogens with zero attached hydrogens (tertiary/aromatic N) is 1. The smallest absolute Gasteiger partial charge is 0.261 e. The molecule has 1 N–H and O–H groups in total. The summed E-state index contributed by atoms with van der Waals surface area (Å²) in [5.41, 5.74) is 1.49. The lowest BCUT2D eigenvalue weighted by Crippen LogP contribution is -2.52. The summed E-state index contributed by atoms with van der Waals surface area (Å²) < 4.78 is 6.02. The van der Waals surface area contributed by atoms with Crippen LogP contribution >= 0.6 is 23.2 Å². The Morgan fingerprint density at radius 3 is 2.29 bits per heavy atom. The second-order valence-corrected chi connectivity index (χ2v) is 11.0. The van der Waals surface area contributed by atoms with Crippen LogP contribution in [0.5, 0.6) is 5.75 Å².